The Labute approximate surface area is 226 Å². The average Bonchev–Trinajstić information content (AvgIpc) is 2.53. The van der Waals surface area contributed by atoms with Crippen molar-refractivity contribution in [2.24, 2.45) is 0 Å². The fourth-order valence-corrected chi connectivity index (χ4v) is 2.09. The molecule has 1 N–H and O–H groups in total. The molecular weight excluding hydrogens is 612 g/mol. The fourth-order valence-electron chi connectivity index (χ4n) is 2.09. The Kier molecular flexibility index (Phi) is 16.0. The van der Waals surface area contributed by atoms with E-state index < -0.39 is 0 Å². The zero-order valence-electron chi connectivity index (χ0n) is 13.5. The Hall–Kier alpha value is 1.59. The number of hydrogen-bond donors (Lipinski definition) is 1. The minimum atomic E-state index is -0.189. The Bertz CT molecular complexity index is 531. The van der Waals surface area contributed by atoms with E-state index >= 15 is 0 Å². The van der Waals surface area contributed by atoms with Crippen LogP contribution in [0, 0.1) is 13.5 Å². The molecule has 1 aromatic rings. The van der Waals surface area contributed by atoms with Gasteiger partial charge in [0.2, 0.25) is 11.8 Å². The van der Waals surface area contributed by atoms with Crippen LogP contribution in [0.2, 0.25) is 0 Å². The van der Waals surface area contributed by atoms with Crippen molar-refractivity contribution in [3.8, 4) is 0 Å². The molecule has 0 aliphatic carbocycles. The Morgan fingerprint density at radius 3 is 2.74 bits per heavy atom. The molecule has 117 valence electrons. The van der Waals surface area contributed by atoms with E-state index in [1.807, 2.05) is 0 Å². The number of amides is 2. The number of nitrogens with zero attached hydrogens (tertiary/aromatic N) is 2. The Morgan fingerprint density at radius 1 is 1.39 bits per heavy atom. The number of unbranched alkanes of at least 4 members (excludes halogenated alkanes) is 1. The van der Waals surface area contributed by atoms with Gasteiger partial charge in [-0.2, -0.15) is 38.6 Å². The van der Waals surface area contributed by atoms with Gasteiger partial charge in [0.25, 0.3) is 0 Å². The third-order valence-electron chi connectivity index (χ3n) is 3.10. The van der Waals surface area contributed by atoms with Crippen LogP contribution < -0.4 is 63.5 Å². The van der Waals surface area contributed by atoms with Crippen LogP contribution in [-0.2, 0) is 58.6 Å². The summed E-state index contributed by atoms with van der Waals surface area (Å²) in [5.41, 5.74) is 1.78. The first kappa shape index (κ1) is 26.8. The van der Waals surface area contributed by atoms with E-state index in [9.17, 15) is 9.59 Å². The van der Waals surface area contributed by atoms with Gasteiger partial charge >= 0.3 is 58.2 Å². The van der Waals surface area contributed by atoms with Crippen LogP contribution in [0.5, 0.6) is 0 Å². The first-order valence-corrected chi connectivity index (χ1v) is 6.57. The predicted octanol–water partition coefficient (Wildman–Crippen LogP) is -0.792. The monoisotopic (exact) mass is 630 g/mol. The van der Waals surface area contributed by atoms with Crippen molar-refractivity contribution in [3.05, 3.63) is 48.1 Å². The maximum Gasteiger partial charge on any atom is 1.00 e. The maximum atomic E-state index is 12.4. The first-order valence-electron chi connectivity index (χ1n) is 6.57. The van der Waals surface area contributed by atoms with Crippen molar-refractivity contribution < 1.29 is 122 Å². The molecule has 2 amide bonds. The van der Waals surface area contributed by atoms with Crippen molar-refractivity contribution >= 4 is 17.5 Å². The summed E-state index contributed by atoms with van der Waals surface area (Å²) in [5, 5.41) is 6.75. The summed E-state index contributed by atoms with van der Waals surface area (Å²) in [6.07, 6.45) is 1.58. The zero-order valence-corrected chi connectivity index (χ0v) is 24.2. The fraction of sp³-hybridized carbons (Fsp3) is 0.333. The number of nitrogens with one attached hydrogen (secondary N) is 1. The first-order chi connectivity index (χ1) is 9.61. The van der Waals surface area contributed by atoms with Crippen molar-refractivity contribution in [3.63, 3.8) is 0 Å². The van der Waals surface area contributed by atoms with Crippen LogP contribution in [0.1, 0.15) is 28.8 Å². The van der Waals surface area contributed by atoms with E-state index in [0.717, 1.165) is 24.9 Å². The topological polar surface area (TPSA) is 63.5 Å². The third kappa shape index (κ3) is 8.21. The number of carbonyl (C=O) groups excluding carboxylic acids is 2. The van der Waals surface area contributed by atoms with Gasteiger partial charge in [0.1, 0.15) is 0 Å². The quantitative estimate of drug-likeness (QED) is 0.343. The smallest absolute Gasteiger partial charge is 0.665 e. The van der Waals surface area contributed by atoms with Crippen LogP contribution >= 0.6 is 0 Å². The van der Waals surface area contributed by atoms with Gasteiger partial charge in [0.05, 0.1) is 6.54 Å². The zero-order chi connectivity index (χ0) is 14.5. The summed E-state index contributed by atoms with van der Waals surface area (Å²) in [6, 6.07) is 5.19. The molecule has 1 aliphatic heterocycles. The number of carbonyl (C=O) groups is 2. The molecule has 0 aromatic heterocycles. The molecular formula is C15H18N3O2RbWY-2. The minimum absolute atomic E-state index is 0. The Balaban J connectivity index is 0. The third-order valence-corrected chi connectivity index (χ3v) is 3.10. The van der Waals surface area contributed by atoms with Gasteiger partial charge in [-0.05, 0) is 0 Å². The number of hydrogen-bond acceptors (Lipinski definition) is 2. The van der Waals surface area contributed by atoms with E-state index in [-0.39, 0.29) is 130 Å². The summed E-state index contributed by atoms with van der Waals surface area (Å²) in [4.78, 5) is 25.7. The number of fused-ring (bicyclic) bond motifs is 1. The van der Waals surface area contributed by atoms with E-state index in [1.54, 1.807) is 31.8 Å². The summed E-state index contributed by atoms with van der Waals surface area (Å²) >= 11 is 0. The van der Waals surface area contributed by atoms with Gasteiger partial charge in [-0.25, -0.2) is 6.54 Å². The summed E-state index contributed by atoms with van der Waals surface area (Å²) in [7, 11) is 1.76. The van der Waals surface area contributed by atoms with E-state index in [2.05, 4.69) is 17.6 Å². The summed E-state index contributed by atoms with van der Waals surface area (Å²) in [5.74, 6) is -0.359. The molecule has 0 saturated heterocycles. The van der Waals surface area contributed by atoms with Crippen LogP contribution in [-0.4, -0.2) is 36.9 Å². The molecule has 1 heterocycles. The molecule has 0 atom stereocenters. The van der Waals surface area contributed by atoms with Gasteiger partial charge in [0.15, 0.2) is 0 Å². The van der Waals surface area contributed by atoms with Crippen molar-refractivity contribution in [2.45, 2.75) is 12.8 Å². The van der Waals surface area contributed by atoms with Crippen LogP contribution in [0.4, 0.5) is 5.69 Å². The molecule has 0 saturated carbocycles. The molecule has 1 radical (unpaired) electrons. The number of benzene rings is 1. The van der Waals surface area contributed by atoms with Gasteiger partial charge in [-0.15, -0.1) is 6.07 Å². The molecule has 0 bridgehead atoms. The SMILES string of the molecule is [CH2-]c1ccc2c(c1)C(=O)N([CH-]CCC[N-]C)CC(=O)N2.[Rb+].[W].[Y]. The van der Waals surface area contributed by atoms with Gasteiger partial charge in [0, 0.05) is 65.0 Å². The standard InChI is InChI=1S/C15H18N3O2.Rb.W.Y/c1-11-5-6-13-12(9-11)15(20)18(10-14(19)17-13)8-4-3-7-16-2;;;/h5-6,8-9H,1,3-4,7,10H2,2H3,(H,17,19);;;/q-3;+1;;. The summed E-state index contributed by atoms with van der Waals surface area (Å²) < 4.78 is 0. The molecule has 1 aliphatic rings. The minimum Gasteiger partial charge on any atom is -0.665 e. The van der Waals surface area contributed by atoms with E-state index in [4.69, 9.17) is 0 Å². The van der Waals surface area contributed by atoms with Crippen molar-refractivity contribution in [1.82, 2.24) is 4.90 Å². The summed E-state index contributed by atoms with van der Waals surface area (Å²) in [6.45, 7) is 6.39. The molecule has 0 spiro atoms. The van der Waals surface area contributed by atoms with E-state index in [1.165, 1.54) is 4.90 Å². The number of rotatable bonds is 5. The molecule has 1 aromatic carbocycles. The van der Waals surface area contributed by atoms with Crippen LogP contribution in [0.25, 0.3) is 5.32 Å². The van der Waals surface area contributed by atoms with Crippen molar-refractivity contribution in [1.29, 1.82) is 0 Å². The second-order valence-corrected chi connectivity index (χ2v) is 4.73. The van der Waals surface area contributed by atoms with Gasteiger partial charge in [-0.1, -0.05) is 12.5 Å². The Morgan fingerprint density at radius 2 is 2.09 bits per heavy atom. The average molecular weight is 631 g/mol. The van der Waals surface area contributed by atoms with Gasteiger partial charge in [-0.3, -0.25) is 9.59 Å². The molecule has 2 rings (SSSR count). The van der Waals surface area contributed by atoms with Crippen LogP contribution in [0.15, 0.2) is 18.2 Å². The number of anilines is 1. The molecule has 0 fully saturated rings. The predicted molar refractivity (Wildman–Crippen MR) is 78.3 cm³/mol. The maximum absolute atomic E-state index is 12.4. The van der Waals surface area contributed by atoms with Crippen molar-refractivity contribution in [2.75, 3.05) is 25.5 Å². The molecule has 0 unspecified atom stereocenters. The van der Waals surface area contributed by atoms with E-state index in [0.29, 0.717) is 11.3 Å². The normalized spacial score (nSPS) is 12.8. The van der Waals surface area contributed by atoms with Crippen LogP contribution in [0.3, 0.4) is 0 Å². The largest absolute Gasteiger partial charge is 1.00 e. The molecule has 23 heavy (non-hydrogen) atoms. The second kappa shape index (κ2) is 13.7. The molecule has 8 heteroatoms. The molecule has 5 nitrogen and oxygen atoms in total. The second-order valence-electron chi connectivity index (χ2n) is 4.73. The van der Waals surface area contributed by atoms with Gasteiger partial charge < -0.3 is 15.5 Å².